The van der Waals surface area contributed by atoms with Gasteiger partial charge in [-0.25, -0.2) is 0 Å². The average Bonchev–Trinajstić information content (AvgIpc) is 2.19. The van der Waals surface area contributed by atoms with Crippen LogP contribution in [0.25, 0.3) is 0 Å². The topological polar surface area (TPSA) is 26.3 Å². The van der Waals surface area contributed by atoms with E-state index in [1.807, 2.05) is 0 Å². The molecule has 0 aliphatic rings. The lowest BCUT2D eigenvalue weighted by Gasteiger charge is -2.10. The molecule has 0 saturated carbocycles. The Hall–Kier alpha value is -1.10. The quantitative estimate of drug-likeness (QED) is 0.638. The van der Waals surface area contributed by atoms with Crippen LogP contribution in [0.15, 0.2) is 23.1 Å². The van der Waals surface area contributed by atoms with Crippen LogP contribution in [-0.4, -0.2) is 12.9 Å². The van der Waals surface area contributed by atoms with Crippen LogP contribution >= 0.6 is 12.6 Å². The molecule has 0 amide bonds. The highest BCUT2D eigenvalue weighted by Gasteiger charge is 2.11. The molecule has 0 aliphatic heterocycles. The Morgan fingerprint density at radius 3 is 2.67 bits per heavy atom. The summed E-state index contributed by atoms with van der Waals surface area (Å²) in [5.74, 6) is -0.363. The molecule has 0 aliphatic carbocycles. The Kier molecular flexibility index (Phi) is 4.08. The maximum absolute atomic E-state index is 12.0. The maximum atomic E-state index is 12.0. The summed E-state index contributed by atoms with van der Waals surface area (Å²) in [5.41, 5.74) is 0.624. The monoisotopic (exact) mass is 232 g/mol. The SMILES string of the molecule is CC(C=O)c1ccc(S)c(OC(F)F)c1. The molecule has 0 saturated heterocycles. The number of rotatable bonds is 4. The Morgan fingerprint density at radius 2 is 2.13 bits per heavy atom. The number of ether oxygens (including phenoxy) is 1. The molecule has 5 heteroatoms. The highest BCUT2D eigenvalue weighted by molar-refractivity contribution is 7.80. The zero-order chi connectivity index (χ0) is 11.4. The van der Waals surface area contributed by atoms with Crippen LogP contribution in [0.4, 0.5) is 8.78 Å². The van der Waals surface area contributed by atoms with Crippen molar-refractivity contribution in [3.05, 3.63) is 23.8 Å². The Labute approximate surface area is 91.7 Å². The molecule has 1 atom stereocenters. The smallest absolute Gasteiger partial charge is 0.387 e. The highest BCUT2D eigenvalue weighted by Crippen LogP contribution is 2.28. The molecule has 0 N–H and O–H groups in total. The van der Waals surface area contributed by atoms with Crippen LogP contribution in [0.5, 0.6) is 5.75 Å². The standard InChI is InChI=1S/C10H10F2O2S/c1-6(5-13)7-2-3-9(15)8(4-7)14-10(11)12/h2-6,10,15H,1H3. The third-order valence-corrected chi connectivity index (χ3v) is 2.30. The van der Waals surface area contributed by atoms with Gasteiger partial charge in [-0.2, -0.15) is 8.78 Å². The van der Waals surface area contributed by atoms with Gasteiger partial charge in [0, 0.05) is 10.8 Å². The highest BCUT2D eigenvalue weighted by atomic mass is 32.1. The second-order valence-electron chi connectivity index (χ2n) is 3.03. The molecular formula is C10H10F2O2S. The summed E-state index contributed by atoms with van der Waals surface area (Å²) in [4.78, 5) is 10.8. The summed E-state index contributed by atoms with van der Waals surface area (Å²) in [7, 11) is 0. The van der Waals surface area contributed by atoms with E-state index >= 15 is 0 Å². The lowest BCUT2D eigenvalue weighted by atomic mass is 10.0. The zero-order valence-electron chi connectivity index (χ0n) is 7.98. The number of aldehydes is 1. The number of thiol groups is 1. The predicted molar refractivity (Wildman–Crippen MR) is 54.8 cm³/mol. The Balaban J connectivity index is 2.99. The van der Waals surface area contributed by atoms with Crippen molar-refractivity contribution in [1.29, 1.82) is 0 Å². The van der Waals surface area contributed by atoms with Crippen LogP contribution in [-0.2, 0) is 4.79 Å². The summed E-state index contributed by atoms with van der Waals surface area (Å²) < 4.78 is 28.2. The van der Waals surface area contributed by atoms with Gasteiger partial charge in [-0.05, 0) is 17.7 Å². The molecule has 0 radical (unpaired) electrons. The third-order valence-electron chi connectivity index (χ3n) is 1.93. The largest absolute Gasteiger partial charge is 0.434 e. The zero-order valence-corrected chi connectivity index (χ0v) is 8.88. The van der Waals surface area contributed by atoms with Crippen molar-refractivity contribution in [3.8, 4) is 5.75 Å². The minimum absolute atomic E-state index is 0.0143. The number of carbonyl (C=O) groups is 1. The van der Waals surface area contributed by atoms with E-state index in [0.29, 0.717) is 10.5 Å². The summed E-state index contributed by atoms with van der Waals surface area (Å²) in [6.45, 7) is -1.22. The van der Waals surface area contributed by atoms with Crippen molar-refractivity contribution in [2.45, 2.75) is 24.3 Å². The number of alkyl halides is 2. The van der Waals surface area contributed by atoms with E-state index < -0.39 is 6.61 Å². The Bertz CT molecular complexity index is 355. The van der Waals surface area contributed by atoms with E-state index in [1.54, 1.807) is 13.0 Å². The molecular weight excluding hydrogens is 222 g/mol. The third kappa shape index (κ3) is 3.20. The molecule has 0 bridgehead atoms. The van der Waals surface area contributed by atoms with Crippen LogP contribution < -0.4 is 4.74 Å². The number of benzene rings is 1. The fraction of sp³-hybridized carbons (Fsp3) is 0.300. The van der Waals surface area contributed by atoms with E-state index in [4.69, 9.17) is 0 Å². The van der Waals surface area contributed by atoms with Crippen LogP contribution in [0.3, 0.4) is 0 Å². The van der Waals surface area contributed by atoms with Crippen molar-refractivity contribution in [3.63, 3.8) is 0 Å². The molecule has 15 heavy (non-hydrogen) atoms. The molecule has 0 aromatic heterocycles. The number of carbonyl (C=O) groups excluding carboxylic acids is 1. The fourth-order valence-corrected chi connectivity index (χ4v) is 1.27. The van der Waals surface area contributed by atoms with E-state index in [0.717, 1.165) is 6.29 Å². The first-order valence-electron chi connectivity index (χ1n) is 4.27. The summed E-state index contributed by atoms with van der Waals surface area (Å²) in [6, 6.07) is 4.57. The van der Waals surface area contributed by atoms with Crippen molar-refractivity contribution >= 4 is 18.9 Å². The van der Waals surface area contributed by atoms with E-state index in [2.05, 4.69) is 17.4 Å². The summed E-state index contributed by atoms with van der Waals surface area (Å²) >= 11 is 3.97. The minimum Gasteiger partial charge on any atom is -0.434 e. The summed E-state index contributed by atoms with van der Waals surface area (Å²) in [5, 5.41) is 0. The fourth-order valence-electron chi connectivity index (χ4n) is 1.08. The van der Waals surface area contributed by atoms with Gasteiger partial charge in [0.25, 0.3) is 0 Å². The van der Waals surface area contributed by atoms with Gasteiger partial charge >= 0.3 is 6.61 Å². The normalized spacial score (nSPS) is 12.6. The second kappa shape index (κ2) is 5.11. The van der Waals surface area contributed by atoms with Gasteiger partial charge < -0.3 is 9.53 Å². The average molecular weight is 232 g/mol. The van der Waals surface area contributed by atoms with Gasteiger partial charge in [-0.15, -0.1) is 12.6 Å². The van der Waals surface area contributed by atoms with E-state index in [-0.39, 0.29) is 11.7 Å². The van der Waals surface area contributed by atoms with Gasteiger partial charge in [0.15, 0.2) is 0 Å². The molecule has 0 heterocycles. The lowest BCUT2D eigenvalue weighted by molar-refractivity contribution is -0.108. The number of hydrogen-bond acceptors (Lipinski definition) is 3. The molecule has 1 rings (SSSR count). The van der Waals surface area contributed by atoms with Gasteiger partial charge in [-0.1, -0.05) is 13.0 Å². The first kappa shape index (κ1) is 12.0. The van der Waals surface area contributed by atoms with Crippen molar-refractivity contribution in [1.82, 2.24) is 0 Å². The number of halogens is 2. The van der Waals surface area contributed by atoms with E-state index in [9.17, 15) is 13.6 Å². The van der Waals surface area contributed by atoms with Gasteiger partial charge in [0.1, 0.15) is 12.0 Å². The molecule has 0 spiro atoms. The first-order valence-corrected chi connectivity index (χ1v) is 4.72. The predicted octanol–water partition coefficient (Wildman–Crippen LogP) is 2.88. The van der Waals surface area contributed by atoms with Gasteiger partial charge in [0.2, 0.25) is 0 Å². The molecule has 0 fully saturated rings. The van der Waals surface area contributed by atoms with Gasteiger partial charge in [0.05, 0.1) is 0 Å². The van der Waals surface area contributed by atoms with Crippen LogP contribution in [0.1, 0.15) is 18.4 Å². The van der Waals surface area contributed by atoms with E-state index in [1.165, 1.54) is 12.1 Å². The summed E-state index contributed by atoms with van der Waals surface area (Å²) in [6.07, 6.45) is 0.736. The molecule has 2 nitrogen and oxygen atoms in total. The molecule has 1 aromatic rings. The van der Waals surface area contributed by atoms with Gasteiger partial charge in [-0.3, -0.25) is 0 Å². The second-order valence-corrected chi connectivity index (χ2v) is 3.51. The van der Waals surface area contributed by atoms with Crippen LogP contribution in [0, 0.1) is 0 Å². The maximum Gasteiger partial charge on any atom is 0.387 e. The molecule has 1 aromatic carbocycles. The minimum atomic E-state index is -2.89. The Morgan fingerprint density at radius 1 is 1.47 bits per heavy atom. The van der Waals surface area contributed by atoms with Crippen molar-refractivity contribution < 1.29 is 18.3 Å². The van der Waals surface area contributed by atoms with Crippen molar-refractivity contribution in [2.75, 3.05) is 0 Å². The van der Waals surface area contributed by atoms with Crippen LogP contribution in [0.2, 0.25) is 0 Å². The first-order chi connectivity index (χ1) is 7.04. The molecule has 82 valence electrons. The molecule has 1 unspecified atom stereocenters. The number of hydrogen-bond donors (Lipinski definition) is 1. The lowest BCUT2D eigenvalue weighted by Crippen LogP contribution is -2.04. The van der Waals surface area contributed by atoms with Crippen molar-refractivity contribution in [2.24, 2.45) is 0 Å².